The van der Waals surface area contributed by atoms with Gasteiger partial charge in [0.15, 0.2) is 5.41 Å². The summed E-state index contributed by atoms with van der Waals surface area (Å²) >= 11 is 0. The minimum Gasteiger partial charge on any atom is -0.426 e. The summed E-state index contributed by atoms with van der Waals surface area (Å²) in [6, 6.07) is 1.14. The van der Waals surface area contributed by atoms with Crippen LogP contribution >= 0.6 is 0 Å². The van der Waals surface area contributed by atoms with Crippen LogP contribution in [0.15, 0.2) is 24.3 Å². The number of aliphatic hydroxyl groups is 1. The Morgan fingerprint density at radius 3 is 1.59 bits per heavy atom. The highest BCUT2D eigenvalue weighted by molar-refractivity contribution is 5.79. The van der Waals surface area contributed by atoms with Gasteiger partial charge >= 0.3 is 24.5 Å². The highest BCUT2D eigenvalue weighted by atomic mass is 19.4. The Kier molecular flexibility index (Phi) is 5.87. The van der Waals surface area contributed by atoms with Gasteiger partial charge in [-0.2, -0.15) is 39.5 Å². The molecule has 0 spiro atoms. The Balaban J connectivity index is 3.22. The van der Waals surface area contributed by atoms with Crippen LogP contribution in [0.4, 0.5) is 39.5 Å². The zero-order valence-electron chi connectivity index (χ0n) is 13.7. The van der Waals surface area contributed by atoms with E-state index >= 15 is 0 Å². The van der Waals surface area contributed by atoms with E-state index in [2.05, 4.69) is 4.74 Å². The second-order valence-corrected chi connectivity index (χ2v) is 5.80. The van der Waals surface area contributed by atoms with Gasteiger partial charge in [-0.15, -0.1) is 0 Å². The van der Waals surface area contributed by atoms with Gasteiger partial charge in [0.05, 0.1) is 0 Å². The molecule has 27 heavy (non-hydrogen) atoms. The van der Waals surface area contributed by atoms with E-state index < -0.39 is 53.2 Å². The second-order valence-electron chi connectivity index (χ2n) is 5.80. The van der Waals surface area contributed by atoms with Crippen molar-refractivity contribution < 1.29 is 54.2 Å². The maximum Gasteiger partial charge on any atom is 0.430 e. The first kappa shape index (κ1) is 23.1. The molecule has 12 heteroatoms. The van der Waals surface area contributed by atoms with Crippen LogP contribution < -0.4 is 4.74 Å². The molecular weight excluding hydrogens is 399 g/mol. The number of carbonyl (C=O) groups is 1. The molecule has 1 unspecified atom stereocenters. The van der Waals surface area contributed by atoms with Crippen LogP contribution in [-0.4, -0.2) is 29.6 Å². The summed E-state index contributed by atoms with van der Waals surface area (Å²) in [7, 11) is 0. The highest BCUT2D eigenvalue weighted by Gasteiger charge is 2.71. The number of ether oxygens (including phenoxy) is 1. The van der Waals surface area contributed by atoms with Crippen molar-refractivity contribution in [1.82, 2.24) is 0 Å². The van der Waals surface area contributed by atoms with Crippen LogP contribution in [0, 0.1) is 5.41 Å². The van der Waals surface area contributed by atoms with Crippen LogP contribution in [0.3, 0.4) is 0 Å². The van der Waals surface area contributed by atoms with Crippen molar-refractivity contribution in [2.24, 2.45) is 5.41 Å². The van der Waals surface area contributed by atoms with Crippen LogP contribution in [0.2, 0.25) is 0 Å². The van der Waals surface area contributed by atoms with Gasteiger partial charge in [-0.25, -0.2) is 0 Å². The van der Waals surface area contributed by atoms with Gasteiger partial charge in [0.1, 0.15) is 5.75 Å². The van der Waals surface area contributed by atoms with E-state index in [0.29, 0.717) is 19.1 Å². The molecule has 3 nitrogen and oxygen atoms in total. The molecule has 0 radical (unpaired) electrons. The molecule has 0 fully saturated rings. The fourth-order valence-corrected chi connectivity index (χ4v) is 1.93. The lowest BCUT2D eigenvalue weighted by Gasteiger charge is -2.32. The standard InChI is InChI=1S/C15H13F9O3/c1-3-11(2,13(16,17)18)10(25)27-9-6-4-8(5-7-9)12(26,14(19,20)21)15(22,23)24/h4-7,26H,3H2,1-2H3. The molecule has 0 aromatic heterocycles. The Labute approximate surface area is 146 Å². The SMILES string of the molecule is CCC(C)(C(=O)Oc1ccc(C(O)(C(F)(F)F)C(F)(F)F)cc1)C(F)(F)F. The number of carbonyl (C=O) groups excluding carboxylic acids is 1. The van der Waals surface area contributed by atoms with Crippen molar-refractivity contribution in [3.63, 3.8) is 0 Å². The maximum atomic E-state index is 13.0. The third-order valence-corrected chi connectivity index (χ3v) is 4.09. The molecule has 0 bridgehead atoms. The summed E-state index contributed by atoms with van der Waals surface area (Å²) in [5.41, 5.74) is -9.77. The van der Waals surface area contributed by atoms with Gasteiger partial charge in [-0.3, -0.25) is 4.79 Å². The van der Waals surface area contributed by atoms with E-state index in [-0.39, 0.29) is 12.1 Å². The Morgan fingerprint density at radius 1 is 0.889 bits per heavy atom. The molecule has 0 aliphatic heterocycles. The molecule has 1 atom stereocenters. The zero-order chi connectivity index (χ0) is 21.5. The third-order valence-electron chi connectivity index (χ3n) is 4.09. The smallest absolute Gasteiger partial charge is 0.426 e. The topological polar surface area (TPSA) is 46.5 Å². The van der Waals surface area contributed by atoms with Gasteiger partial charge in [-0.05, 0) is 25.5 Å². The Hall–Kier alpha value is -1.98. The zero-order valence-corrected chi connectivity index (χ0v) is 13.7. The van der Waals surface area contributed by atoms with Gasteiger partial charge in [0, 0.05) is 5.56 Å². The van der Waals surface area contributed by atoms with Crippen LogP contribution in [0.1, 0.15) is 25.8 Å². The summed E-state index contributed by atoms with van der Waals surface area (Å²) in [5, 5.41) is 9.20. The molecule has 0 saturated heterocycles. The van der Waals surface area contributed by atoms with E-state index in [1.54, 1.807) is 0 Å². The van der Waals surface area contributed by atoms with Gasteiger partial charge in [-0.1, -0.05) is 19.1 Å². The number of hydrogen-bond acceptors (Lipinski definition) is 3. The van der Waals surface area contributed by atoms with Crippen molar-refractivity contribution >= 4 is 5.97 Å². The van der Waals surface area contributed by atoms with E-state index in [0.717, 1.165) is 6.92 Å². The summed E-state index contributed by atoms with van der Waals surface area (Å²) < 4.78 is 120. The summed E-state index contributed by atoms with van der Waals surface area (Å²) in [4.78, 5) is 11.8. The lowest BCUT2D eigenvalue weighted by Crippen LogP contribution is -2.53. The van der Waals surface area contributed by atoms with Crippen molar-refractivity contribution in [3.8, 4) is 5.75 Å². The molecule has 0 saturated carbocycles. The lowest BCUT2D eigenvalue weighted by atomic mass is 9.87. The van der Waals surface area contributed by atoms with Gasteiger partial charge < -0.3 is 9.84 Å². The number of halogens is 9. The predicted molar refractivity (Wildman–Crippen MR) is 72.5 cm³/mol. The second kappa shape index (κ2) is 6.88. The average molecular weight is 412 g/mol. The van der Waals surface area contributed by atoms with Crippen LogP contribution in [0.25, 0.3) is 0 Å². The van der Waals surface area contributed by atoms with Gasteiger partial charge in [0.2, 0.25) is 0 Å². The molecule has 0 amide bonds. The quantitative estimate of drug-likeness (QED) is 0.436. The normalized spacial score (nSPS) is 16.0. The van der Waals surface area contributed by atoms with E-state index in [1.807, 2.05) is 0 Å². The maximum absolute atomic E-state index is 13.0. The molecule has 1 N–H and O–H groups in total. The van der Waals surface area contributed by atoms with E-state index in [9.17, 15) is 49.4 Å². The summed E-state index contributed by atoms with van der Waals surface area (Å²) in [6.45, 7) is 1.58. The van der Waals surface area contributed by atoms with Crippen molar-refractivity contribution in [2.75, 3.05) is 0 Å². The molecule has 0 heterocycles. The first-order valence-corrected chi connectivity index (χ1v) is 7.17. The number of esters is 1. The summed E-state index contributed by atoms with van der Waals surface area (Å²) in [5.74, 6) is -2.51. The largest absolute Gasteiger partial charge is 0.430 e. The Bertz CT molecular complexity index is 660. The van der Waals surface area contributed by atoms with Crippen molar-refractivity contribution in [2.45, 2.75) is 44.4 Å². The van der Waals surface area contributed by atoms with E-state index in [4.69, 9.17) is 0 Å². The third kappa shape index (κ3) is 3.99. The lowest BCUT2D eigenvalue weighted by molar-refractivity contribution is -0.376. The molecule has 0 aliphatic rings. The molecule has 0 aliphatic carbocycles. The molecule has 1 rings (SSSR count). The van der Waals surface area contributed by atoms with Gasteiger partial charge in [0.25, 0.3) is 5.60 Å². The fraction of sp³-hybridized carbons (Fsp3) is 0.533. The van der Waals surface area contributed by atoms with Crippen LogP contribution in [-0.2, 0) is 10.4 Å². The van der Waals surface area contributed by atoms with Crippen LogP contribution in [0.5, 0.6) is 5.75 Å². The minimum atomic E-state index is -6.12. The first-order chi connectivity index (χ1) is 11.9. The molecule has 1 aromatic rings. The number of benzene rings is 1. The molecule has 154 valence electrons. The van der Waals surface area contributed by atoms with E-state index in [1.165, 1.54) is 0 Å². The van der Waals surface area contributed by atoms with Crippen molar-refractivity contribution in [1.29, 1.82) is 0 Å². The monoisotopic (exact) mass is 412 g/mol. The number of alkyl halides is 9. The average Bonchev–Trinajstić information content (AvgIpc) is 2.50. The Morgan fingerprint density at radius 2 is 1.30 bits per heavy atom. The van der Waals surface area contributed by atoms with Crippen molar-refractivity contribution in [3.05, 3.63) is 29.8 Å². The molecular formula is C15H13F9O3. The number of rotatable bonds is 4. The molecule has 1 aromatic carbocycles. The summed E-state index contributed by atoms with van der Waals surface area (Å²) in [6.07, 6.45) is -18.0. The minimum absolute atomic E-state index is 0.153. The fourth-order valence-electron chi connectivity index (χ4n) is 1.93. The predicted octanol–water partition coefficient (Wildman–Crippen LogP) is 4.88. The number of hydrogen-bond donors (Lipinski definition) is 1. The highest BCUT2D eigenvalue weighted by Crippen LogP contribution is 2.50. The first-order valence-electron chi connectivity index (χ1n) is 7.17.